The van der Waals surface area contributed by atoms with Gasteiger partial charge in [-0.25, -0.2) is 15.0 Å². The van der Waals surface area contributed by atoms with E-state index in [0.29, 0.717) is 11.8 Å². The Hall–Kier alpha value is -3.02. The Morgan fingerprint density at radius 2 is 1.81 bits per heavy atom. The molecule has 0 aliphatic heterocycles. The summed E-state index contributed by atoms with van der Waals surface area (Å²) in [5.74, 6) is 1.89. The first-order chi connectivity index (χ1) is 10.3. The molecular weight excluding hydrogens is 264 g/mol. The van der Waals surface area contributed by atoms with Gasteiger partial charge in [0.15, 0.2) is 0 Å². The van der Waals surface area contributed by atoms with Crippen LogP contribution < -0.4 is 10.6 Å². The summed E-state index contributed by atoms with van der Waals surface area (Å²) in [5, 5.41) is 6.32. The molecule has 0 unspecified atom stereocenters. The second-order valence-electron chi connectivity index (χ2n) is 4.44. The maximum absolute atomic E-state index is 4.47. The van der Waals surface area contributed by atoms with Gasteiger partial charge in [0.2, 0.25) is 5.95 Å². The van der Waals surface area contributed by atoms with E-state index < -0.39 is 0 Å². The SMILES string of the molecule is Cc1cnc(Nc2ccncn2)nc1Nc1ccccc1. The smallest absolute Gasteiger partial charge is 0.230 e. The van der Waals surface area contributed by atoms with Gasteiger partial charge in [0.25, 0.3) is 0 Å². The standard InChI is InChI=1S/C15H14N6/c1-11-9-17-15(20-13-7-8-16-10-18-13)21-14(11)19-12-5-3-2-4-6-12/h2-10H,1H3,(H2,16,17,18,19,20,21). The third-order valence-corrected chi connectivity index (χ3v) is 2.83. The topological polar surface area (TPSA) is 75.6 Å². The van der Waals surface area contributed by atoms with Crippen LogP contribution in [0.2, 0.25) is 0 Å². The average Bonchev–Trinajstić information content (AvgIpc) is 2.53. The van der Waals surface area contributed by atoms with E-state index in [9.17, 15) is 0 Å². The Bertz CT molecular complexity index is 715. The van der Waals surface area contributed by atoms with Crippen LogP contribution in [-0.2, 0) is 0 Å². The van der Waals surface area contributed by atoms with E-state index in [0.717, 1.165) is 17.1 Å². The van der Waals surface area contributed by atoms with E-state index in [-0.39, 0.29) is 0 Å². The molecule has 0 saturated carbocycles. The Balaban J connectivity index is 1.83. The number of nitrogens with zero attached hydrogens (tertiary/aromatic N) is 4. The lowest BCUT2D eigenvalue weighted by Crippen LogP contribution is -2.03. The van der Waals surface area contributed by atoms with E-state index in [1.54, 1.807) is 18.5 Å². The molecule has 0 aliphatic carbocycles. The maximum Gasteiger partial charge on any atom is 0.230 e. The van der Waals surface area contributed by atoms with Crippen molar-refractivity contribution in [3.05, 3.63) is 60.7 Å². The van der Waals surface area contributed by atoms with Crippen LogP contribution in [0.25, 0.3) is 0 Å². The molecule has 2 heterocycles. The fourth-order valence-corrected chi connectivity index (χ4v) is 1.77. The minimum absolute atomic E-state index is 0.484. The van der Waals surface area contributed by atoms with Crippen molar-refractivity contribution >= 4 is 23.3 Å². The molecule has 2 aromatic heterocycles. The predicted octanol–water partition coefficient (Wildman–Crippen LogP) is 3.06. The number of anilines is 4. The fraction of sp³-hybridized carbons (Fsp3) is 0.0667. The summed E-state index contributed by atoms with van der Waals surface area (Å²) in [7, 11) is 0. The molecule has 6 nitrogen and oxygen atoms in total. The zero-order valence-corrected chi connectivity index (χ0v) is 11.5. The first kappa shape index (κ1) is 13.0. The van der Waals surface area contributed by atoms with Gasteiger partial charge in [0.1, 0.15) is 18.0 Å². The third-order valence-electron chi connectivity index (χ3n) is 2.83. The molecule has 0 amide bonds. The molecule has 0 aliphatic rings. The van der Waals surface area contributed by atoms with Crippen LogP contribution >= 0.6 is 0 Å². The van der Waals surface area contributed by atoms with Crippen molar-refractivity contribution in [2.75, 3.05) is 10.6 Å². The molecule has 3 rings (SSSR count). The average molecular weight is 278 g/mol. The molecule has 0 bridgehead atoms. The quantitative estimate of drug-likeness (QED) is 0.764. The summed E-state index contributed by atoms with van der Waals surface area (Å²) in [6.45, 7) is 1.96. The second-order valence-corrected chi connectivity index (χ2v) is 4.44. The van der Waals surface area contributed by atoms with Crippen LogP contribution in [-0.4, -0.2) is 19.9 Å². The number of aromatic nitrogens is 4. The van der Waals surface area contributed by atoms with Gasteiger partial charge < -0.3 is 10.6 Å². The molecule has 0 spiro atoms. The van der Waals surface area contributed by atoms with Gasteiger partial charge in [-0.15, -0.1) is 0 Å². The van der Waals surface area contributed by atoms with Crippen LogP contribution in [0.4, 0.5) is 23.3 Å². The first-order valence-electron chi connectivity index (χ1n) is 6.50. The molecule has 0 fully saturated rings. The highest BCUT2D eigenvalue weighted by atomic mass is 15.2. The van der Waals surface area contributed by atoms with E-state index >= 15 is 0 Å². The van der Waals surface area contributed by atoms with Crippen molar-refractivity contribution in [2.24, 2.45) is 0 Å². The van der Waals surface area contributed by atoms with Crippen molar-refractivity contribution < 1.29 is 0 Å². The van der Waals surface area contributed by atoms with E-state index in [4.69, 9.17) is 0 Å². The summed E-state index contributed by atoms with van der Waals surface area (Å²) in [5.41, 5.74) is 1.94. The van der Waals surface area contributed by atoms with Crippen molar-refractivity contribution in [1.82, 2.24) is 19.9 Å². The zero-order valence-electron chi connectivity index (χ0n) is 11.5. The monoisotopic (exact) mass is 278 g/mol. The first-order valence-corrected chi connectivity index (χ1v) is 6.50. The summed E-state index contributed by atoms with van der Waals surface area (Å²) in [6.07, 6.45) is 4.90. The van der Waals surface area contributed by atoms with Crippen molar-refractivity contribution in [2.45, 2.75) is 6.92 Å². The second kappa shape index (κ2) is 5.96. The fourth-order valence-electron chi connectivity index (χ4n) is 1.77. The van der Waals surface area contributed by atoms with Gasteiger partial charge in [-0.1, -0.05) is 18.2 Å². The summed E-state index contributed by atoms with van der Waals surface area (Å²) >= 11 is 0. The molecule has 1 aromatic carbocycles. The maximum atomic E-state index is 4.47. The van der Waals surface area contributed by atoms with Gasteiger partial charge in [-0.2, -0.15) is 4.98 Å². The van der Waals surface area contributed by atoms with Gasteiger partial charge >= 0.3 is 0 Å². The minimum Gasteiger partial charge on any atom is -0.340 e. The predicted molar refractivity (Wildman–Crippen MR) is 81.8 cm³/mol. The largest absolute Gasteiger partial charge is 0.340 e. The Labute approximate surface area is 122 Å². The number of benzene rings is 1. The molecular formula is C15H14N6. The van der Waals surface area contributed by atoms with E-state index in [1.165, 1.54) is 6.33 Å². The normalized spacial score (nSPS) is 10.1. The summed E-state index contributed by atoms with van der Waals surface area (Å²) < 4.78 is 0. The molecule has 3 aromatic rings. The van der Waals surface area contributed by atoms with Crippen molar-refractivity contribution in [1.29, 1.82) is 0 Å². The lowest BCUT2D eigenvalue weighted by atomic mass is 10.3. The number of hydrogen-bond acceptors (Lipinski definition) is 6. The minimum atomic E-state index is 0.484. The van der Waals surface area contributed by atoms with E-state index in [1.807, 2.05) is 37.3 Å². The number of para-hydroxylation sites is 1. The van der Waals surface area contributed by atoms with Crippen LogP contribution in [0.3, 0.4) is 0 Å². The zero-order chi connectivity index (χ0) is 14.5. The number of nitrogens with one attached hydrogen (secondary N) is 2. The molecule has 2 N–H and O–H groups in total. The lowest BCUT2D eigenvalue weighted by molar-refractivity contribution is 1.10. The Morgan fingerprint density at radius 3 is 2.57 bits per heavy atom. The lowest BCUT2D eigenvalue weighted by Gasteiger charge is -2.10. The molecule has 104 valence electrons. The van der Waals surface area contributed by atoms with Crippen molar-refractivity contribution in [3.63, 3.8) is 0 Å². The molecule has 6 heteroatoms. The Kier molecular flexibility index (Phi) is 3.68. The number of hydrogen-bond donors (Lipinski definition) is 2. The Morgan fingerprint density at radius 1 is 0.952 bits per heavy atom. The highest BCUT2D eigenvalue weighted by Crippen LogP contribution is 2.19. The van der Waals surface area contributed by atoms with Crippen LogP contribution in [0.5, 0.6) is 0 Å². The summed E-state index contributed by atoms with van der Waals surface area (Å²) in [6, 6.07) is 11.6. The van der Waals surface area contributed by atoms with Gasteiger partial charge in [-0.05, 0) is 25.1 Å². The molecule has 0 saturated heterocycles. The molecule has 0 radical (unpaired) electrons. The highest BCUT2D eigenvalue weighted by molar-refractivity contribution is 5.60. The molecule has 0 atom stereocenters. The van der Waals surface area contributed by atoms with Gasteiger partial charge in [0, 0.05) is 23.6 Å². The summed E-state index contributed by atoms with van der Waals surface area (Å²) in [4.78, 5) is 16.7. The van der Waals surface area contributed by atoms with Crippen LogP contribution in [0.1, 0.15) is 5.56 Å². The number of aryl methyl sites for hydroxylation is 1. The van der Waals surface area contributed by atoms with Gasteiger partial charge in [0.05, 0.1) is 0 Å². The van der Waals surface area contributed by atoms with Crippen LogP contribution in [0, 0.1) is 6.92 Å². The van der Waals surface area contributed by atoms with E-state index in [2.05, 4.69) is 30.6 Å². The third kappa shape index (κ3) is 3.30. The highest BCUT2D eigenvalue weighted by Gasteiger charge is 2.05. The van der Waals surface area contributed by atoms with Crippen molar-refractivity contribution in [3.8, 4) is 0 Å². The van der Waals surface area contributed by atoms with Gasteiger partial charge in [-0.3, -0.25) is 0 Å². The van der Waals surface area contributed by atoms with Crippen LogP contribution in [0.15, 0.2) is 55.1 Å². The number of rotatable bonds is 4. The molecule has 21 heavy (non-hydrogen) atoms.